The standard InChI is InChI=1S/C13H18FN3O3/c1-3-16(9-4-5-15-8-9)11-7-13(20-2)10(14)6-12(11)17(18)19/h6-7,9,15H,3-5,8H2,1-2H3. The minimum Gasteiger partial charge on any atom is -0.494 e. The molecule has 2 rings (SSSR count). The zero-order valence-corrected chi connectivity index (χ0v) is 11.6. The average Bonchev–Trinajstić information content (AvgIpc) is 2.94. The molecule has 0 aliphatic carbocycles. The largest absolute Gasteiger partial charge is 0.494 e. The highest BCUT2D eigenvalue weighted by Gasteiger charge is 2.28. The monoisotopic (exact) mass is 283 g/mol. The minimum atomic E-state index is -0.719. The van der Waals surface area contributed by atoms with Crippen LogP contribution in [0.25, 0.3) is 0 Å². The molecule has 1 saturated heterocycles. The zero-order valence-electron chi connectivity index (χ0n) is 11.6. The maximum absolute atomic E-state index is 13.7. The van der Waals surface area contributed by atoms with E-state index in [2.05, 4.69) is 5.32 Å². The lowest BCUT2D eigenvalue weighted by molar-refractivity contribution is -0.384. The second-order valence-corrected chi connectivity index (χ2v) is 4.67. The number of nitrogens with one attached hydrogen (secondary N) is 1. The third-order valence-electron chi connectivity index (χ3n) is 3.57. The van der Waals surface area contributed by atoms with Crippen molar-refractivity contribution in [2.24, 2.45) is 0 Å². The Hall–Kier alpha value is -1.89. The molecule has 1 unspecified atom stereocenters. The van der Waals surface area contributed by atoms with Crippen LogP contribution < -0.4 is 15.0 Å². The number of likely N-dealkylation sites (N-methyl/N-ethyl adjacent to an activating group) is 1. The van der Waals surface area contributed by atoms with Crippen LogP contribution in [0.4, 0.5) is 15.8 Å². The van der Waals surface area contributed by atoms with E-state index in [-0.39, 0.29) is 17.5 Å². The molecule has 1 N–H and O–H groups in total. The molecule has 1 aromatic carbocycles. The van der Waals surface area contributed by atoms with Gasteiger partial charge in [0.15, 0.2) is 11.6 Å². The third kappa shape index (κ3) is 2.67. The summed E-state index contributed by atoms with van der Waals surface area (Å²) < 4.78 is 18.6. The summed E-state index contributed by atoms with van der Waals surface area (Å²) in [5, 5.41) is 14.4. The van der Waals surface area contributed by atoms with Crippen LogP contribution in [0.5, 0.6) is 5.75 Å². The molecule has 0 bridgehead atoms. The lowest BCUT2D eigenvalue weighted by Crippen LogP contribution is -2.37. The summed E-state index contributed by atoms with van der Waals surface area (Å²) in [6, 6.07) is 2.52. The molecule has 1 aliphatic heterocycles. The van der Waals surface area contributed by atoms with Gasteiger partial charge in [-0.2, -0.15) is 0 Å². The molecule has 6 nitrogen and oxygen atoms in total. The van der Waals surface area contributed by atoms with Crippen LogP contribution in [0.15, 0.2) is 12.1 Å². The molecule has 1 heterocycles. The van der Waals surface area contributed by atoms with E-state index in [9.17, 15) is 14.5 Å². The number of nitro groups is 1. The van der Waals surface area contributed by atoms with Gasteiger partial charge in [-0.25, -0.2) is 4.39 Å². The number of nitro benzene ring substituents is 1. The molecule has 0 spiro atoms. The van der Waals surface area contributed by atoms with Crippen molar-refractivity contribution in [3.8, 4) is 5.75 Å². The molecule has 0 amide bonds. The molecule has 1 fully saturated rings. The fourth-order valence-corrected chi connectivity index (χ4v) is 2.60. The molecular formula is C13H18FN3O3. The number of hydrogen-bond donors (Lipinski definition) is 1. The van der Waals surface area contributed by atoms with E-state index in [1.165, 1.54) is 13.2 Å². The molecular weight excluding hydrogens is 265 g/mol. The van der Waals surface area contributed by atoms with Crippen LogP contribution in [0.2, 0.25) is 0 Å². The molecule has 1 aromatic rings. The Balaban J connectivity index is 2.48. The van der Waals surface area contributed by atoms with Gasteiger partial charge in [0.25, 0.3) is 5.69 Å². The molecule has 1 atom stereocenters. The lowest BCUT2D eigenvalue weighted by atomic mass is 10.1. The van der Waals surface area contributed by atoms with E-state index in [0.29, 0.717) is 12.2 Å². The second kappa shape index (κ2) is 6.04. The first-order valence-corrected chi connectivity index (χ1v) is 6.57. The van der Waals surface area contributed by atoms with Gasteiger partial charge in [0.05, 0.1) is 18.1 Å². The maximum atomic E-state index is 13.7. The molecule has 7 heteroatoms. The fraction of sp³-hybridized carbons (Fsp3) is 0.538. The van der Waals surface area contributed by atoms with Crippen molar-refractivity contribution >= 4 is 11.4 Å². The van der Waals surface area contributed by atoms with Gasteiger partial charge in [0, 0.05) is 25.2 Å². The average molecular weight is 283 g/mol. The number of hydrogen-bond acceptors (Lipinski definition) is 5. The molecule has 0 aromatic heterocycles. The number of halogens is 1. The van der Waals surface area contributed by atoms with Gasteiger partial charge < -0.3 is 15.0 Å². The van der Waals surface area contributed by atoms with Gasteiger partial charge in [0.1, 0.15) is 5.69 Å². The zero-order chi connectivity index (χ0) is 14.7. The number of methoxy groups -OCH3 is 1. The van der Waals surface area contributed by atoms with Crippen molar-refractivity contribution in [1.82, 2.24) is 5.32 Å². The minimum absolute atomic E-state index is 0.0232. The summed E-state index contributed by atoms with van der Waals surface area (Å²) >= 11 is 0. The van der Waals surface area contributed by atoms with Gasteiger partial charge in [-0.1, -0.05) is 0 Å². The Morgan fingerprint density at radius 3 is 2.85 bits per heavy atom. The summed E-state index contributed by atoms with van der Waals surface area (Å²) in [6.07, 6.45) is 0.907. The molecule has 0 saturated carbocycles. The molecule has 20 heavy (non-hydrogen) atoms. The van der Waals surface area contributed by atoms with Crippen molar-refractivity contribution in [2.45, 2.75) is 19.4 Å². The van der Waals surface area contributed by atoms with Crippen molar-refractivity contribution in [2.75, 3.05) is 31.6 Å². The van der Waals surface area contributed by atoms with Crippen LogP contribution in [0.1, 0.15) is 13.3 Å². The van der Waals surface area contributed by atoms with Crippen LogP contribution in [-0.4, -0.2) is 37.7 Å². The topological polar surface area (TPSA) is 67.6 Å². The van der Waals surface area contributed by atoms with Crippen LogP contribution in [0, 0.1) is 15.9 Å². The molecule has 110 valence electrons. The highest BCUT2D eigenvalue weighted by Crippen LogP contribution is 2.36. The first-order valence-electron chi connectivity index (χ1n) is 6.57. The first kappa shape index (κ1) is 14.5. The van der Waals surface area contributed by atoms with Gasteiger partial charge >= 0.3 is 0 Å². The summed E-state index contributed by atoms with van der Waals surface area (Å²) in [4.78, 5) is 12.5. The van der Waals surface area contributed by atoms with Crippen molar-refractivity contribution in [3.05, 3.63) is 28.1 Å². The second-order valence-electron chi connectivity index (χ2n) is 4.67. The SMILES string of the molecule is CCN(c1cc(OC)c(F)cc1[N+](=O)[O-])C1CCNC1. The Morgan fingerprint density at radius 2 is 2.35 bits per heavy atom. The lowest BCUT2D eigenvalue weighted by Gasteiger charge is -2.29. The van der Waals surface area contributed by atoms with Crippen molar-refractivity contribution in [1.29, 1.82) is 0 Å². The molecule has 1 aliphatic rings. The van der Waals surface area contributed by atoms with E-state index in [4.69, 9.17) is 4.74 Å². The quantitative estimate of drug-likeness (QED) is 0.660. The van der Waals surface area contributed by atoms with E-state index >= 15 is 0 Å². The van der Waals surface area contributed by atoms with E-state index in [1.54, 1.807) is 0 Å². The number of nitrogens with zero attached hydrogens (tertiary/aromatic N) is 2. The van der Waals surface area contributed by atoms with Gasteiger partial charge in [-0.15, -0.1) is 0 Å². The maximum Gasteiger partial charge on any atom is 0.295 e. The summed E-state index contributed by atoms with van der Waals surface area (Å²) in [5.74, 6) is -0.696. The van der Waals surface area contributed by atoms with Gasteiger partial charge in [-0.3, -0.25) is 10.1 Å². The van der Waals surface area contributed by atoms with Crippen LogP contribution >= 0.6 is 0 Å². The van der Waals surface area contributed by atoms with Crippen LogP contribution in [-0.2, 0) is 0 Å². The van der Waals surface area contributed by atoms with E-state index in [0.717, 1.165) is 25.6 Å². The third-order valence-corrected chi connectivity index (χ3v) is 3.57. The Labute approximate surface area is 116 Å². The summed E-state index contributed by atoms with van der Waals surface area (Å²) in [5.41, 5.74) is 0.182. The van der Waals surface area contributed by atoms with E-state index in [1.807, 2.05) is 11.8 Å². The fourth-order valence-electron chi connectivity index (χ4n) is 2.60. The Morgan fingerprint density at radius 1 is 1.60 bits per heavy atom. The highest BCUT2D eigenvalue weighted by molar-refractivity contribution is 5.67. The number of rotatable bonds is 5. The smallest absolute Gasteiger partial charge is 0.295 e. The number of ether oxygens (including phenoxy) is 1. The number of anilines is 1. The van der Waals surface area contributed by atoms with E-state index < -0.39 is 10.7 Å². The van der Waals surface area contributed by atoms with Gasteiger partial charge in [0.2, 0.25) is 0 Å². The molecule has 0 radical (unpaired) electrons. The van der Waals surface area contributed by atoms with Crippen LogP contribution in [0.3, 0.4) is 0 Å². The predicted octanol–water partition coefficient (Wildman–Crippen LogP) is 1.93. The highest BCUT2D eigenvalue weighted by atomic mass is 19.1. The first-order chi connectivity index (χ1) is 9.58. The number of benzene rings is 1. The summed E-state index contributed by atoms with van der Waals surface area (Å²) in [6.45, 7) is 4.19. The Kier molecular flexibility index (Phi) is 4.39. The van der Waals surface area contributed by atoms with Gasteiger partial charge in [-0.05, 0) is 19.9 Å². The van der Waals surface area contributed by atoms with Crippen molar-refractivity contribution < 1.29 is 14.1 Å². The van der Waals surface area contributed by atoms with Crippen molar-refractivity contribution in [3.63, 3.8) is 0 Å². The normalized spacial score (nSPS) is 18.1. The predicted molar refractivity (Wildman–Crippen MR) is 73.9 cm³/mol. The Bertz CT molecular complexity index is 504. The summed E-state index contributed by atoms with van der Waals surface area (Å²) in [7, 11) is 1.35.